The van der Waals surface area contributed by atoms with E-state index < -0.39 is 17.7 Å². The molecule has 0 radical (unpaired) electrons. The zero-order valence-corrected chi connectivity index (χ0v) is 20.3. The quantitative estimate of drug-likeness (QED) is 0.287. The molecule has 1 saturated heterocycles. The minimum Gasteiger partial charge on any atom is -0.507 e. The lowest BCUT2D eigenvalue weighted by atomic mass is 9.93. The van der Waals surface area contributed by atoms with Crippen LogP contribution in [0.2, 0.25) is 0 Å². The second-order valence-electron chi connectivity index (χ2n) is 9.40. The van der Waals surface area contributed by atoms with Crippen molar-refractivity contribution in [1.82, 2.24) is 4.90 Å². The van der Waals surface area contributed by atoms with Crippen LogP contribution in [0.1, 0.15) is 76.1 Å². The average molecular weight is 450 g/mol. The topological polar surface area (TPSA) is 66.8 Å². The molecule has 0 aromatic heterocycles. The first-order valence-electron chi connectivity index (χ1n) is 11.9. The molecule has 1 aliphatic heterocycles. The third-order valence-corrected chi connectivity index (χ3v) is 5.90. The summed E-state index contributed by atoms with van der Waals surface area (Å²) in [5, 5.41) is 11.3. The first-order valence-corrected chi connectivity index (χ1v) is 11.9. The molecule has 1 aliphatic rings. The molecule has 1 N–H and O–H groups in total. The molecule has 5 nitrogen and oxygen atoms in total. The van der Waals surface area contributed by atoms with Gasteiger partial charge in [-0.3, -0.25) is 9.59 Å². The summed E-state index contributed by atoms with van der Waals surface area (Å²) in [4.78, 5) is 27.7. The number of ketones is 1. The van der Waals surface area contributed by atoms with E-state index in [4.69, 9.17) is 4.74 Å². The van der Waals surface area contributed by atoms with Crippen LogP contribution in [-0.4, -0.2) is 34.8 Å². The highest BCUT2D eigenvalue weighted by molar-refractivity contribution is 6.46. The van der Waals surface area contributed by atoms with Crippen LogP contribution < -0.4 is 4.74 Å². The number of aliphatic hydroxyl groups excluding tert-OH is 1. The Morgan fingerprint density at radius 1 is 1.06 bits per heavy atom. The molecule has 33 heavy (non-hydrogen) atoms. The predicted molar refractivity (Wildman–Crippen MR) is 131 cm³/mol. The van der Waals surface area contributed by atoms with E-state index in [0.29, 0.717) is 36.3 Å². The summed E-state index contributed by atoms with van der Waals surface area (Å²) in [5.74, 6) is -0.0182. The van der Waals surface area contributed by atoms with Crippen molar-refractivity contribution < 1.29 is 19.4 Å². The molecule has 176 valence electrons. The standard InChI is InChI=1S/C28H35NO4/c1-6-7-15-29-25(21-13-11-20(12-14-21)19(4)5)24(27(31)28(29)32)26(30)22-9-8-10-23(16-22)33-17-18(2)3/h8-14,16,18-19,25,30H,6-7,15,17H2,1-5H3/b26-24-. The molecule has 2 aromatic carbocycles. The molecule has 0 saturated carbocycles. The fourth-order valence-corrected chi connectivity index (χ4v) is 4.00. The second kappa shape index (κ2) is 10.7. The maximum absolute atomic E-state index is 13.1. The Morgan fingerprint density at radius 3 is 2.36 bits per heavy atom. The smallest absolute Gasteiger partial charge is 0.295 e. The Morgan fingerprint density at radius 2 is 1.76 bits per heavy atom. The lowest BCUT2D eigenvalue weighted by Crippen LogP contribution is -2.30. The van der Waals surface area contributed by atoms with Crippen molar-refractivity contribution in [2.24, 2.45) is 5.92 Å². The van der Waals surface area contributed by atoms with Gasteiger partial charge in [0, 0.05) is 12.1 Å². The number of hydrogen-bond acceptors (Lipinski definition) is 4. The van der Waals surface area contributed by atoms with Crippen LogP contribution in [0.15, 0.2) is 54.1 Å². The van der Waals surface area contributed by atoms with Gasteiger partial charge in [-0.1, -0.05) is 77.4 Å². The van der Waals surface area contributed by atoms with Gasteiger partial charge in [-0.05, 0) is 41.5 Å². The van der Waals surface area contributed by atoms with Gasteiger partial charge in [-0.15, -0.1) is 0 Å². The molecule has 2 aromatic rings. The third kappa shape index (κ3) is 5.47. The van der Waals surface area contributed by atoms with Crippen molar-refractivity contribution in [3.05, 3.63) is 70.8 Å². The van der Waals surface area contributed by atoms with Gasteiger partial charge in [-0.25, -0.2) is 0 Å². The minimum absolute atomic E-state index is 0.134. The number of aliphatic hydroxyl groups is 1. The van der Waals surface area contributed by atoms with Crippen LogP contribution >= 0.6 is 0 Å². The Kier molecular flexibility index (Phi) is 7.96. The normalized spacial score (nSPS) is 17.9. The number of nitrogens with zero attached hydrogens (tertiary/aromatic N) is 1. The van der Waals surface area contributed by atoms with Crippen molar-refractivity contribution in [3.63, 3.8) is 0 Å². The van der Waals surface area contributed by atoms with E-state index in [9.17, 15) is 14.7 Å². The Balaban J connectivity index is 2.08. The van der Waals surface area contributed by atoms with Crippen molar-refractivity contribution >= 4 is 17.4 Å². The maximum Gasteiger partial charge on any atom is 0.295 e. The monoisotopic (exact) mass is 449 g/mol. The van der Waals surface area contributed by atoms with Gasteiger partial charge in [0.2, 0.25) is 0 Å². The first-order chi connectivity index (χ1) is 15.7. The van der Waals surface area contributed by atoms with E-state index in [2.05, 4.69) is 27.7 Å². The predicted octanol–water partition coefficient (Wildman–Crippen LogP) is 6.07. The molecule has 0 bridgehead atoms. The first kappa shape index (κ1) is 24.6. The number of ether oxygens (including phenoxy) is 1. The molecule has 1 atom stereocenters. The summed E-state index contributed by atoms with van der Waals surface area (Å²) in [6.07, 6.45) is 1.68. The molecule has 0 spiro atoms. The highest BCUT2D eigenvalue weighted by Crippen LogP contribution is 2.40. The van der Waals surface area contributed by atoms with E-state index >= 15 is 0 Å². The van der Waals surface area contributed by atoms with Crippen molar-refractivity contribution in [1.29, 1.82) is 0 Å². The maximum atomic E-state index is 13.1. The number of hydrogen-bond donors (Lipinski definition) is 1. The number of carbonyl (C=O) groups excluding carboxylic acids is 2. The van der Waals surface area contributed by atoms with E-state index in [0.717, 1.165) is 18.4 Å². The van der Waals surface area contributed by atoms with Crippen molar-refractivity contribution in [3.8, 4) is 5.75 Å². The van der Waals surface area contributed by atoms with Gasteiger partial charge in [0.05, 0.1) is 18.2 Å². The summed E-state index contributed by atoms with van der Waals surface area (Å²) < 4.78 is 5.79. The Bertz CT molecular complexity index is 1020. The average Bonchev–Trinajstić information content (AvgIpc) is 3.06. The van der Waals surface area contributed by atoms with Gasteiger partial charge >= 0.3 is 0 Å². The molecular weight excluding hydrogens is 414 g/mol. The Labute approximate surface area is 197 Å². The number of likely N-dealkylation sites (tertiary alicyclic amines) is 1. The summed E-state index contributed by atoms with van der Waals surface area (Å²) >= 11 is 0. The summed E-state index contributed by atoms with van der Waals surface area (Å²) in [7, 11) is 0. The van der Waals surface area contributed by atoms with Gasteiger partial charge in [0.15, 0.2) is 0 Å². The number of benzene rings is 2. The molecule has 3 rings (SSSR count). The molecule has 1 unspecified atom stereocenters. The molecule has 1 fully saturated rings. The number of amides is 1. The molecule has 1 amide bonds. The van der Waals surface area contributed by atoms with Crippen LogP contribution in [0, 0.1) is 5.92 Å². The number of rotatable bonds is 9. The van der Waals surface area contributed by atoms with E-state index in [1.807, 2.05) is 37.3 Å². The molecule has 5 heteroatoms. The highest BCUT2D eigenvalue weighted by atomic mass is 16.5. The Hall–Kier alpha value is -3.08. The molecular formula is C28H35NO4. The zero-order valence-electron chi connectivity index (χ0n) is 20.3. The fraction of sp³-hybridized carbons (Fsp3) is 0.429. The van der Waals surface area contributed by atoms with Gasteiger partial charge in [-0.2, -0.15) is 0 Å². The molecule has 1 heterocycles. The lowest BCUT2D eigenvalue weighted by molar-refractivity contribution is -0.139. The minimum atomic E-state index is -0.643. The number of Topliss-reactive ketones (excluding diaryl/α,β-unsaturated/α-hetero) is 1. The zero-order chi connectivity index (χ0) is 24.1. The fourth-order valence-electron chi connectivity index (χ4n) is 4.00. The van der Waals surface area contributed by atoms with Crippen LogP contribution in [0.4, 0.5) is 0 Å². The molecule has 0 aliphatic carbocycles. The van der Waals surface area contributed by atoms with E-state index in [-0.39, 0.29) is 11.3 Å². The van der Waals surface area contributed by atoms with Crippen LogP contribution in [0.25, 0.3) is 5.76 Å². The summed E-state index contributed by atoms with van der Waals surface area (Å²) in [6.45, 7) is 11.4. The number of unbranched alkanes of at least 4 members (excludes halogenated alkanes) is 1. The second-order valence-corrected chi connectivity index (χ2v) is 9.40. The highest BCUT2D eigenvalue weighted by Gasteiger charge is 2.45. The summed E-state index contributed by atoms with van der Waals surface area (Å²) in [5.41, 5.74) is 2.60. The van der Waals surface area contributed by atoms with Gasteiger partial charge in [0.25, 0.3) is 11.7 Å². The number of carbonyl (C=O) groups is 2. The van der Waals surface area contributed by atoms with E-state index in [1.165, 1.54) is 5.56 Å². The largest absolute Gasteiger partial charge is 0.507 e. The van der Waals surface area contributed by atoms with Crippen LogP contribution in [-0.2, 0) is 9.59 Å². The van der Waals surface area contributed by atoms with Gasteiger partial charge < -0.3 is 14.7 Å². The van der Waals surface area contributed by atoms with Gasteiger partial charge in [0.1, 0.15) is 11.5 Å². The van der Waals surface area contributed by atoms with E-state index in [1.54, 1.807) is 23.1 Å². The lowest BCUT2D eigenvalue weighted by Gasteiger charge is -2.25. The summed E-state index contributed by atoms with van der Waals surface area (Å²) in [6, 6.07) is 14.4. The third-order valence-electron chi connectivity index (χ3n) is 5.90. The van der Waals surface area contributed by atoms with Crippen molar-refractivity contribution in [2.45, 2.75) is 59.4 Å². The SMILES string of the molecule is CCCCN1C(=O)C(=O)/C(=C(\O)c2cccc(OCC(C)C)c2)C1c1ccc(C(C)C)cc1. The van der Waals surface area contributed by atoms with Crippen LogP contribution in [0.5, 0.6) is 5.75 Å². The van der Waals surface area contributed by atoms with Crippen LogP contribution in [0.3, 0.4) is 0 Å². The van der Waals surface area contributed by atoms with Crippen molar-refractivity contribution in [2.75, 3.05) is 13.2 Å².